The molecule has 0 amide bonds. The lowest BCUT2D eigenvalue weighted by molar-refractivity contribution is 1.38. The number of hydrogen-bond donors (Lipinski definition) is 0. The summed E-state index contributed by atoms with van der Waals surface area (Å²) in [5.74, 6) is 0. The summed E-state index contributed by atoms with van der Waals surface area (Å²) in [6, 6.07) is 13.7. The molecule has 2 rings (SSSR count). The number of allylic oxidation sites excluding steroid dienone is 4. The van der Waals surface area contributed by atoms with Gasteiger partial charge in [-0.2, -0.15) is 0 Å². The molecule has 22 heavy (non-hydrogen) atoms. The van der Waals surface area contributed by atoms with Gasteiger partial charge >= 0.3 is 0 Å². The Bertz CT molecular complexity index is 623. The second-order valence-corrected chi connectivity index (χ2v) is 10.0. The fraction of sp³-hybridized carbons (Fsp3) is 0.100. The summed E-state index contributed by atoms with van der Waals surface area (Å²) in [6.07, 6.45) is 8.07. The van der Waals surface area contributed by atoms with E-state index in [9.17, 15) is 0 Å². The Morgan fingerprint density at radius 3 is 1.32 bits per heavy atom. The Kier molecular flexibility index (Phi) is 5.93. The minimum absolute atomic E-state index is 0.375. The fourth-order valence-corrected chi connectivity index (χ4v) is 5.61. The second kappa shape index (κ2) is 7.92. The van der Waals surface area contributed by atoms with E-state index in [1.807, 2.05) is 24.3 Å². The lowest BCUT2D eigenvalue weighted by atomic mass is 10.1. The van der Waals surface area contributed by atoms with E-state index in [0.29, 0.717) is 11.1 Å². The quantitative estimate of drug-likeness (QED) is 0.518. The van der Waals surface area contributed by atoms with Gasteiger partial charge in [0.1, 0.15) is 0 Å². The van der Waals surface area contributed by atoms with Gasteiger partial charge in [0.2, 0.25) is 0 Å². The van der Waals surface area contributed by atoms with Crippen LogP contribution in [0.25, 0.3) is 10.8 Å². The van der Waals surface area contributed by atoms with Crippen LogP contribution in [0.1, 0.15) is 0 Å². The van der Waals surface area contributed by atoms with E-state index < -0.39 is 0 Å². The maximum atomic E-state index is 3.90. The molecule has 0 heterocycles. The largest absolute Gasteiger partial charge is 0.103 e. The first-order chi connectivity index (χ1) is 10.7. The molecule has 0 aromatic heterocycles. The summed E-state index contributed by atoms with van der Waals surface area (Å²) in [4.78, 5) is 0. The highest BCUT2D eigenvalue weighted by atomic mass is 28.2. The lowest BCUT2D eigenvalue weighted by Gasteiger charge is -2.10. The maximum Gasteiger partial charge on any atom is 0.0663 e. The van der Waals surface area contributed by atoms with E-state index in [4.69, 9.17) is 0 Å². The van der Waals surface area contributed by atoms with E-state index in [1.54, 1.807) is 0 Å². The molecule has 0 aliphatic heterocycles. The van der Waals surface area contributed by atoms with Crippen LogP contribution in [0.5, 0.6) is 0 Å². The summed E-state index contributed by atoms with van der Waals surface area (Å²) in [5, 5.41) is 5.61. The molecule has 0 radical (unpaired) electrons. The molecular weight excluding hydrogens is 296 g/mol. The number of benzene rings is 2. The summed E-state index contributed by atoms with van der Waals surface area (Å²) < 4.78 is 0. The van der Waals surface area contributed by atoms with Crippen LogP contribution in [0.3, 0.4) is 0 Å². The highest BCUT2D eigenvalue weighted by Gasteiger charge is 2.06. The molecule has 0 fully saturated rings. The Balaban J connectivity index is 2.24. The number of fused-ring (bicyclic) bond motifs is 1. The van der Waals surface area contributed by atoms with Crippen molar-refractivity contribution in [2.24, 2.45) is 0 Å². The molecule has 0 saturated carbocycles. The maximum absolute atomic E-state index is 3.90. The third kappa shape index (κ3) is 4.06. The van der Waals surface area contributed by atoms with Crippen molar-refractivity contribution in [2.75, 3.05) is 0 Å². The van der Waals surface area contributed by atoms with E-state index in [1.165, 1.54) is 21.1 Å². The standard InChI is InChI=1S/C20H24Si2/c1-5-17(6-2)21-19-11-9-16-14-20(12-10-15(16)13-19)22-18(7-3)8-4/h5-14,17-18H,1-4,21-22H2. The van der Waals surface area contributed by atoms with Gasteiger partial charge in [-0.3, -0.25) is 0 Å². The highest BCUT2D eigenvalue weighted by molar-refractivity contribution is 6.57. The molecule has 0 N–H and O–H groups in total. The first-order valence-corrected chi connectivity index (χ1v) is 10.8. The zero-order valence-electron chi connectivity index (χ0n) is 13.2. The molecule has 0 saturated heterocycles. The lowest BCUT2D eigenvalue weighted by Crippen LogP contribution is -2.19. The fourth-order valence-electron chi connectivity index (χ4n) is 2.67. The van der Waals surface area contributed by atoms with Gasteiger partial charge in [-0.05, 0) is 21.9 Å². The molecule has 2 heteroatoms. The SMILES string of the molecule is C=CC(C=C)[SiH2]c1ccc2cc([SiH2]C(C=C)C=C)ccc2c1. The van der Waals surface area contributed by atoms with Crippen LogP contribution in [0.15, 0.2) is 87.0 Å². The minimum atomic E-state index is -0.375. The second-order valence-electron chi connectivity index (χ2n) is 5.69. The van der Waals surface area contributed by atoms with Crippen LogP contribution in [0.2, 0.25) is 11.1 Å². The van der Waals surface area contributed by atoms with Gasteiger partial charge in [0.15, 0.2) is 0 Å². The Hall–Kier alpha value is -1.91. The number of hydrogen-bond acceptors (Lipinski definition) is 0. The zero-order valence-corrected chi connectivity index (χ0v) is 16.0. The van der Waals surface area contributed by atoms with Crippen molar-refractivity contribution in [2.45, 2.75) is 11.1 Å². The molecule has 0 aliphatic rings. The van der Waals surface area contributed by atoms with Crippen molar-refractivity contribution >= 4 is 40.2 Å². The molecule has 2 aromatic carbocycles. The molecule has 0 aliphatic carbocycles. The van der Waals surface area contributed by atoms with Crippen LogP contribution < -0.4 is 10.4 Å². The molecule has 0 unspecified atom stereocenters. The van der Waals surface area contributed by atoms with Crippen molar-refractivity contribution in [1.29, 1.82) is 0 Å². The summed E-state index contributed by atoms with van der Waals surface area (Å²) in [5.41, 5.74) is 0.954. The Labute approximate surface area is 138 Å². The zero-order chi connectivity index (χ0) is 15.9. The van der Waals surface area contributed by atoms with Crippen LogP contribution in [0, 0.1) is 0 Å². The molecule has 0 spiro atoms. The van der Waals surface area contributed by atoms with Gasteiger partial charge < -0.3 is 0 Å². The van der Waals surface area contributed by atoms with Gasteiger partial charge in [0, 0.05) is 0 Å². The van der Waals surface area contributed by atoms with Gasteiger partial charge in [0.05, 0.1) is 19.0 Å². The predicted octanol–water partition coefficient (Wildman–Crippen LogP) is 2.75. The smallest absolute Gasteiger partial charge is 0.0663 e. The molecular formula is C20H24Si2. The van der Waals surface area contributed by atoms with Crippen LogP contribution in [-0.2, 0) is 0 Å². The molecule has 0 nitrogen and oxygen atoms in total. The van der Waals surface area contributed by atoms with Crippen LogP contribution >= 0.6 is 0 Å². The van der Waals surface area contributed by atoms with E-state index in [-0.39, 0.29) is 19.0 Å². The summed E-state index contributed by atoms with van der Waals surface area (Å²) >= 11 is 0. The Morgan fingerprint density at radius 1 is 0.636 bits per heavy atom. The van der Waals surface area contributed by atoms with E-state index in [0.717, 1.165) is 0 Å². The highest BCUT2D eigenvalue weighted by Crippen LogP contribution is 2.13. The average Bonchev–Trinajstić information content (AvgIpc) is 2.57. The van der Waals surface area contributed by atoms with Gasteiger partial charge in [-0.25, -0.2) is 0 Å². The van der Waals surface area contributed by atoms with Gasteiger partial charge in [-0.15, -0.1) is 26.3 Å². The van der Waals surface area contributed by atoms with Crippen LogP contribution in [0.4, 0.5) is 0 Å². The first-order valence-electron chi connectivity index (χ1n) is 7.72. The summed E-state index contributed by atoms with van der Waals surface area (Å²) in [7, 11) is -0.750. The third-order valence-corrected chi connectivity index (χ3v) is 8.22. The van der Waals surface area contributed by atoms with E-state index in [2.05, 4.69) is 62.7 Å². The van der Waals surface area contributed by atoms with Gasteiger partial charge in [0.25, 0.3) is 0 Å². The van der Waals surface area contributed by atoms with Crippen molar-refractivity contribution in [3.05, 3.63) is 87.0 Å². The topological polar surface area (TPSA) is 0 Å². The van der Waals surface area contributed by atoms with Crippen LogP contribution in [-0.4, -0.2) is 19.0 Å². The monoisotopic (exact) mass is 320 g/mol. The third-order valence-electron chi connectivity index (χ3n) is 4.12. The van der Waals surface area contributed by atoms with Crippen molar-refractivity contribution in [3.63, 3.8) is 0 Å². The molecule has 0 bridgehead atoms. The van der Waals surface area contributed by atoms with Crippen molar-refractivity contribution < 1.29 is 0 Å². The van der Waals surface area contributed by atoms with Gasteiger partial charge in [-0.1, -0.05) is 71.1 Å². The molecule has 0 atom stereocenters. The minimum Gasteiger partial charge on any atom is -0.103 e. The average molecular weight is 321 g/mol. The molecule has 112 valence electrons. The predicted molar refractivity (Wildman–Crippen MR) is 109 cm³/mol. The molecule has 2 aromatic rings. The van der Waals surface area contributed by atoms with E-state index >= 15 is 0 Å². The normalized spacial score (nSPS) is 11.9. The summed E-state index contributed by atoms with van der Waals surface area (Å²) in [6.45, 7) is 15.6. The Morgan fingerprint density at radius 2 is 1.00 bits per heavy atom. The van der Waals surface area contributed by atoms with Crippen molar-refractivity contribution in [3.8, 4) is 0 Å². The van der Waals surface area contributed by atoms with Crippen molar-refractivity contribution in [1.82, 2.24) is 0 Å². The number of rotatable bonds is 8. The first kappa shape index (κ1) is 16.5.